The van der Waals surface area contributed by atoms with Gasteiger partial charge in [-0.15, -0.1) is 0 Å². The van der Waals surface area contributed by atoms with Crippen molar-refractivity contribution in [1.82, 2.24) is 0 Å². The number of hydrogen-bond donors (Lipinski definition) is 0. The molecular formula is C27H36O5. The standard InChI is InChI=1S/C27H36O5/c1-31-26(30)27(16-15-21-9-4-2-5-10-21,18-23-13-8-14-24(28)17-23)19-25(29)32-20-22-11-6-3-7-12-22/h3,6-7,11-12,17,21H,2,4-5,8-10,13-16,18-20H2,1H3/t27-/m0/s1. The zero-order valence-electron chi connectivity index (χ0n) is 19.3. The molecule has 2 aliphatic carbocycles. The van der Waals surface area contributed by atoms with Crippen molar-refractivity contribution >= 4 is 17.7 Å². The fourth-order valence-electron chi connectivity index (χ4n) is 5.16. The smallest absolute Gasteiger partial charge is 0.312 e. The maximum atomic E-state index is 13.1. The van der Waals surface area contributed by atoms with Gasteiger partial charge in [0.05, 0.1) is 18.9 Å². The Morgan fingerprint density at radius 1 is 1.03 bits per heavy atom. The van der Waals surface area contributed by atoms with Gasteiger partial charge in [-0.2, -0.15) is 0 Å². The Hall–Kier alpha value is -2.43. The molecule has 0 amide bonds. The maximum absolute atomic E-state index is 13.1. The van der Waals surface area contributed by atoms with Gasteiger partial charge in [-0.1, -0.05) is 68.0 Å². The first-order valence-electron chi connectivity index (χ1n) is 12.0. The minimum atomic E-state index is -0.983. The van der Waals surface area contributed by atoms with Crippen molar-refractivity contribution in [3.8, 4) is 0 Å². The molecule has 0 aliphatic heterocycles. The third kappa shape index (κ3) is 7.04. The molecule has 1 aromatic rings. The molecule has 3 rings (SSSR count). The van der Waals surface area contributed by atoms with Gasteiger partial charge < -0.3 is 9.47 Å². The van der Waals surface area contributed by atoms with Crippen LogP contribution in [-0.4, -0.2) is 24.8 Å². The Morgan fingerprint density at radius 2 is 1.78 bits per heavy atom. The van der Waals surface area contributed by atoms with Gasteiger partial charge in [-0.3, -0.25) is 14.4 Å². The molecule has 2 aliphatic rings. The van der Waals surface area contributed by atoms with Gasteiger partial charge in [-0.25, -0.2) is 0 Å². The third-order valence-electron chi connectivity index (χ3n) is 6.95. The summed E-state index contributed by atoms with van der Waals surface area (Å²) < 4.78 is 10.8. The molecule has 1 aromatic carbocycles. The van der Waals surface area contributed by atoms with Crippen molar-refractivity contribution in [2.75, 3.05) is 7.11 Å². The Balaban J connectivity index is 1.76. The molecule has 174 valence electrons. The highest BCUT2D eigenvalue weighted by Gasteiger charge is 2.43. The van der Waals surface area contributed by atoms with Gasteiger partial charge in [0.2, 0.25) is 0 Å². The van der Waals surface area contributed by atoms with E-state index in [4.69, 9.17) is 9.47 Å². The van der Waals surface area contributed by atoms with Crippen molar-refractivity contribution in [1.29, 1.82) is 0 Å². The highest BCUT2D eigenvalue weighted by molar-refractivity contribution is 5.91. The second kappa shape index (κ2) is 12.0. The van der Waals surface area contributed by atoms with Crippen LogP contribution in [-0.2, 0) is 30.5 Å². The van der Waals surface area contributed by atoms with Crippen LogP contribution in [0.4, 0.5) is 0 Å². The molecular weight excluding hydrogens is 404 g/mol. The molecule has 5 heteroatoms. The van der Waals surface area contributed by atoms with Gasteiger partial charge in [-0.05, 0) is 49.7 Å². The Morgan fingerprint density at radius 3 is 2.47 bits per heavy atom. The number of allylic oxidation sites excluding steroid dienone is 2. The van der Waals surface area contributed by atoms with Crippen LogP contribution >= 0.6 is 0 Å². The maximum Gasteiger partial charge on any atom is 0.312 e. The molecule has 1 saturated carbocycles. The minimum Gasteiger partial charge on any atom is -0.469 e. The second-order valence-corrected chi connectivity index (χ2v) is 9.44. The minimum absolute atomic E-state index is 0.0231. The molecule has 0 unspecified atom stereocenters. The lowest BCUT2D eigenvalue weighted by atomic mass is 9.71. The average molecular weight is 441 g/mol. The van der Waals surface area contributed by atoms with E-state index in [1.54, 1.807) is 6.08 Å². The predicted molar refractivity (Wildman–Crippen MR) is 123 cm³/mol. The highest BCUT2D eigenvalue weighted by atomic mass is 16.5. The summed E-state index contributed by atoms with van der Waals surface area (Å²) in [6.07, 6.45) is 11.7. The van der Waals surface area contributed by atoms with E-state index < -0.39 is 11.4 Å². The first-order valence-corrected chi connectivity index (χ1v) is 12.0. The normalized spacial score (nSPS) is 19.0. The van der Waals surface area contributed by atoms with Crippen LogP contribution in [0.5, 0.6) is 0 Å². The van der Waals surface area contributed by atoms with Gasteiger partial charge in [0.15, 0.2) is 5.78 Å². The highest BCUT2D eigenvalue weighted by Crippen LogP contribution is 2.42. The summed E-state index contributed by atoms with van der Waals surface area (Å²) in [5.41, 5.74) is 0.877. The van der Waals surface area contributed by atoms with Crippen LogP contribution in [0.1, 0.15) is 82.6 Å². The summed E-state index contributed by atoms with van der Waals surface area (Å²) in [6, 6.07) is 9.53. The first-order chi connectivity index (χ1) is 15.5. The van der Waals surface area contributed by atoms with E-state index in [2.05, 4.69) is 0 Å². The summed E-state index contributed by atoms with van der Waals surface area (Å²) >= 11 is 0. The van der Waals surface area contributed by atoms with E-state index in [1.165, 1.54) is 39.2 Å². The fourth-order valence-corrected chi connectivity index (χ4v) is 5.16. The summed E-state index contributed by atoms with van der Waals surface area (Å²) in [5, 5.41) is 0. The van der Waals surface area contributed by atoms with Crippen LogP contribution < -0.4 is 0 Å². The Labute approximate surface area is 191 Å². The van der Waals surface area contributed by atoms with E-state index in [-0.39, 0.29) is 24.8 Å². The monoisotopic (exact) mass is 440 g/mol. The molecule has 5 nitrogen and oxygen atoms in total. The molecule has 0 N–H and O–H groups in total. The van der Waals surface area contributed by atoms with Gasteiger partial charge in [0, 0.05) is 6.42 Å². The van der Waals surface area contributed by atoms with E-state index in [0.29, 0.717) is 25.2 Å². The van der Waals surface area contributed by atoms with Crippen LogP contribution in [0.25, 0.3) is 0 Å². The summed E-state index contributed by atoms with van der Waals surface area (Å²) in [5.74, 6) is -0.0893. The molecule has 1 fully saturated rings. The molecule has 0 aromatic heterocycles. The zero-order chi connectivity index (χ0) is 22.8. The molecule has 0 bridgehead atoms. The van der Waals surface area contributed by atoms with Crippen molar-refractivity contribution < 1.29 is 23.9 Å². The van der Waals surface area contributed by atoms with E-state index in [9.17, 15) is 14.4 Å². The predicted octanol–water partition coefficient (Wildman–Crippen LogP) is 5.71. The zero-order valence-corrected chi connectivity index (χ0v) is 19.3. The van der Waals surface area contributed by atoms with Crippen molar-refractivity contribution in [3.63, 3.8) is 0 Å². The number of methoxy groups -OCH3 is 1. The number of carbonyl (C=O) groups excluding carboxylic acids is 3. The van der Waals surface area contributed by atoms with Gasteiger partial charge in [0.25, 0.3) is 0 Å². The topological polar surface area (TPSA) is 69.7 Å². The fraction of sp³-hybridized carbons (Fsp3) is 0.593. The number of ether oxygens (including phenoxy) is 2. The van der Waals surface area contributed by atoms with E-state index >= 15 is 0 Å². The average Bonchev–Trinajstić information content (AvgIpc) is 2.82. The van der Waals surface area contributed by atoms with Crippen LogP contribution in [0.15, 0.2) is 42.0 Å². The van der Waals surface area contributed by atoms with Crippen molar-refractivity contribution in [2.45, 2.75) is 83.7 Å². The molecule has 32 heavy (non-hydrogen) atoms. The largest absolute Gasteiger partial charge is 0.469 e. The lowest BCUT2D eigenvalue weighted by Gasteiger charge is -2.34. The number of carbonyl (C=O) groups is 3. The number of rotatable bonds is 10. The molecule has 0 saturated heterocycles. The van der Waals surface area contributed by atoms with Gasteiger partial charge >= 0.3 is 11.9 Å². The molecule has 1 atom stereocenters. The molecule has 0 radical (unpaired) electrons. The summed E-state index contributed by atoms with van der Waals surface area (Å²) in [7, 11) is 1.38. The number of ketones is 1. The second-order valence-electron chi connectivity index (χ2n) is 9.44. The first kappa shape index (κ1) is 24.2. The number of hydrogen-bond acceptors (Lipinski definition) is 5. The lowest BCUT2D eigenvalue weighted by Crippen LogP contribution is -2.37. The van der Waals surface area contributed by atoms with Crippen molar-refractivity contribution in [2.24, 2.45) is 11.3 Å². The van der Waals surface area contributed by atoms with Crippen molar-refractivity contribution in [3.05, 3.63) is 47.5 Å². The summed E-state index contributed by atoms with van der Waals surface area (Å²) in [4.78, 5) is 38.0. The third-order valence-corrected chi connectivity index (χ3v) is 6.95. The number of esters is 2. The lowest BCUT2D eigenvalue weighted by molar-refractivity contribution is -0.162. The molecule has 0 heterocycles. The van der Waals surface area contributed by atoms with Gasteiger partial charge in [0.1, 0.15) is 6.61 Å². The van der Waals surface area contributed by atoms with E-state index in [0.717, 1.165) is 30.4 Å². The SMILES string of the molecule is COC(=O)[C@](CCC1CCCCC1)(CC(=O)OCc1ccccc1)CC1=CC(=O)CCC1. The van der Waals surface area contributed by atoms with Crippen LogP contribution in [0.2, 0.25) is 0 Å². The Bertz CT molecular complexity index is 807. The van der Waals surface area contributed by atoms with Crippen LogP contribution in [0.3, 0.4) is 0 Å². The van der Waals surface area contributed by atoms with E-state index in [1.807, 2.05) is 30.3 Å². The molecule has 0 spiro atoms. The summed E-state index contributed by atoms with van der Waals surface area (Å²) in [6.45, 7) is 0.181. The van der Waals surface area contributed by atoms with Crippen LogP contribution in [0, 0.1) is 11.3 Å². The quantitative estimate of drug-likeness (QED) is 0.436. The number of benzene rings is 1. The Kier molecular flexibility index (Phi) is 9.07.